The summed E-state index contributed by atoms with van der Waals surface area (Å²) in [5.74, 6) is 0.506. The van der Waals surface area contributed by atoms with Crippen molar-refractivity contribution < 1.29 is 4.79 Å². The second-order valence-electron chi connectivity index (χ2n) is 6.13. The van der Waals surface area contributed by atoms with Crippen LogP contribution in [0.4, 0.5) is 0 Å². The number of rotatable bonds is 0. The smallest absolute Gasteiger partial charge is 0.193 e. The average molecular weight is 238 g/mol. The summed E-state index contributed by atoms with van der Waals surface area (Å²) in [5, 5.41) is 0. The highest BCUT2D eigenvalue weighted by molar-refractivity contribution is 6.18. The van der Waals surface area contributed by atoms with Gasteiger partial charge in [0.2, 0.25) is 0 Å². The molecule has 0 radical (unpaired) electrons. The summed E-state index contributed by atoms with van der Waals surface area (Å²) in [6.07, 6.45) is 1.03. The number of carbonyl (C=O) groups excluding carboxylic acids is 1. The van der Waals surface area contributed by atoms with E-state index in [2.05, 4.69) is 33.4 Å². The molecule has 2 aliphatic carbocycles. The minimum Gasteiger partial charge on any atom is -0.289 e. The number of Topliss-reactive ketones (excluding diaryl/α,β-unsaturated/α-hetero) is 1. The molecule has 1 unspecified atom stereocenters. The number of ketones is 1. The molecule has 1 aromatic rings. The predicted molar refractivity (Wildman–Crippen MR) is 74.4 cm³/mol. The van der Waals surface area contributed by atoms with Crippen LogP contribution in [0.15, 0.2) is 42.0 Å². The fraction of sp³-hybridized carbons (Fsp3) is 0.353. The van der Waals surface area contributed by atoms with E-state index in [0.29, 0.717) is 11.5 Å². The van der Waals surface area contributed by atoms with Crippen LogP contribution in [0.1, 0.15) is 43.1 Å². The Bertz CT molecular complexity index is 602. The van der Waals surface area contributed by atoms with Gasteiger partial charge in [0, 0.05) is 11.1 Å². The van der Waals surface area contributed by atoms with Crippen molar-refractivity contribution in [1.29, 1.82) is 0 Å². The van der Waals surface area contributed by atoms with Gasteiger partial charge < -0.3 is 0 Å². The Morgan fingerprint density at radius 2 is 1.83 bits per heavy atom. The Morgan fingerprint density at radius 1 is 1.22 bits per heavy atom. The number of carbonyl (C=O) groups is 1. The third kappa shape index (κ3) is 1.30. The standard InChI is InChI=1S/C17H18O/c1-10-15-11(2)17(3,4)9-14(15)12-7-5-6-8-13(12)16(10)18/h5-8,11H,1,9H2,2-4H3. The first-order chi connectivity index (χ1) is 8.43. The van der Waals surface area contributed by atoms with Gasteiger partial charge in [-0.3, -0.25) is 4.79 Å². The zero-order valence-electron chi connectivity index (χ0n) is 11.2. The molecule has 0 heterocycles. The summed E-state index contributed by atoms with van der Waals surface area (Å²) in [7, 11) is 0. The Morgan fingerprint density at radius 3 is 2.50 bits per heavy atom. The van der Waals surface area contributed by atoms with Gasteiger partial charge in [-0.1, -0.05) is 51.6 Å². The molecule has 1 heteroatoms. The molecule has 0 fully saturated rings. The maximum atomic E-state index is 12.4. The zero-order chi connectivity index (χ0) is 13.1. The van der Waals surface area contributed by atoms with Crippen LogP contribution in [0, 0.1) is 11.3 Å². The summed E-state index contributed by atoms with van der Waals surface area (Å²) >= 11 is 0. The fourth-order valence-corrected chi connectivity index (χ4v) is 3.27. The van der Waals surface area contributed by atoms with Crippen LogP contribution in [-0.4, -0.2) is 5.78 Å². The maximum absolute atomic E-state index is 12.4. The number of hydrogen-bond donors (Lipinski definition) is 0. The Balaban J connectivity index is 2.28. The molecule has 0 amide bonds. The van der Waals surface area contributed by atoms with Crippen molar-refractivity contribution in [2.45, 2.75) is 27.2 Å². The third-order valence-corrected chi connectivity index (χ3v) is 4.66. The predicted octanol–water partition coefficient (Wildman–Crippen LogP) is 4.26. The van der Waals surface area contributed by atoms with Crippen molar-refractivity contribution in [1.82, 2.24) is 0 Å². The van der Waals surface area contributed by atoms with Crippen molar-refractivity contribution in [3.05, 3.63) is 53.1 Å². The lowest BCUT2D eigenvalue weighted by atomic mass is 9.77. The van der Waals surface area contributed by atoms with Crippen LogP contribution in [0.3, 0.4) is 0 Å². The van der Waals surface area contributed by atoms with Crippen molar-refractivity contribution >= 4 is 11.4 Å². The van der Waals surface area contributed by atoms with E-state index in [1.807, 2.05) is 18.2 Å². The minimum atomic E-state index is 0.105. The molecule has 0 spiro atoms. The summed E-state index contributed by atoms with van der Waals surface area (Å²) in [5.41, 5.74) is 5.41. The Hall–Kier alpha value is -1.63. The van der Waals surface area contributed by atoms with E-state index in [1.54, 1.807) is 0 Å². The van der Waals surface area contributed by atoms with Gasteiger partial charge >= 0.3 is 0 Å². The molecule has 0 aromatic heterocycles. The van der Waals surface area contributed by atoms with Gasteiger partial charge in [-0.2, -0.15) is 0 Å². The molecule has 0 saturated heterocycles. The average Bonchev–Trinajstić information content (AvgIpc) is 2.58. The van der Waals surface area contributed by atoms with Crippen LogP contribution in [0.25, 0.3) is 5.57 Å². The summed E-state index contributed by atoms with van der Waals surface area (Å²) in [6.45, 7) is 10.8. The second-order valence-corrected chi connectivity index (χ2v) is 6.13. The third-order valence-electron chi connectivity index (χ3n) is 4.66. The normalized spacial score (nSPS) is 25.2. The van der Waals surface area contributed by atoms with E-state index in [1.165, 1.54) is 11.1 Å². The molecule has 1 nitrogen and oxygen atoms in total. The molecular formula is C17H18O. The van der Waals surface area contributed by atoms with Crippen molar-refractivity contribution in [2.24, 2.45) is 11.3 Å². The molecular weight excluding hydrogens is 220 g/mol. The lowest BCUT2D eigenvalue weighted by Gasteiger charge is -2.26. The number of hydrogen-bond acceptors (Lipinski definition) is 1. The monoisotopic (exact) mass is 238 g/mol. The molecule has 0 N–H and O–H groups in total. The maximum Gasteiger partial charge on any atom is 0.193 e. The largest absolute Gasteiger partial charge is 0.289 e. The number of benzene rings is 1. The van der Waals surface area contributed by atoms with Gasteiger partial charge in [0.25, 0.3) is 0 Å². The fourth-order valence-electron chi connectivity index (χ4n) is 3.27. The van der Waals surface area contributed by atoms with E-state index in [-0.39, 0.29) is 11.2 Å². The topological polar surface area (TPSA) is 17.1 Å². The minimum absolute atomic E-state index is 0.105. The summed E-state index contributed by atoms with van der Waals surface area (Å²) in [4.78, 5) is 12.4. The van der Waals surface area contributed by atoms with Crippen molar-refractivity contribution in [2.75, 3.05) is 0 Å². The summed E-state index contributed by atoms with van der Waals surface area (Å²) < 4.78 is 0. The molecule has 2 aliphatic rings. The van der Waals surface area contributed by atoms with Crippen LogP contribution in [0.2, 0.25) is 0 Å². The SMILES string of the molecule is C=C1C(=O)c2ccccc2C2=C1C(C)C(C)(C)C2. The molecule has 18 heavy (non-hydrogen) atoms. The van der Waals surface area contributed by atoms with E-state index >= 15 is 0 Å². The van der Waals surface area contributed by atoms with Gasteiger partial charge in [0.05, 0.1) is 0 Å². The lowest BCUT2D eigenvalue weighted by molar-refractivity contribution is 0.103. The highest BCUT2D eigenvalue weighted by Gasteiger charge is 2.43. The van der Waals surface area contributed by atoms with Gasteiger partial charge in [-0.25, -0.2) is 0 Å². The molecule has 1 aromatic carbocycles. The molecule has 92 valence electrons. The van der Waals surface area contributed by atoms with E-state index in [0.717, 1.165) is 17.5 Å². The van der Waals surface area contributed by atoms with Crippen molar-refractivity contribution in [3.8, 4) is 0 Å². The second kappa shape index (κ2) is 3.44. The highest BCUT2D eigenvalue weighted by atomic mass is 16.1. The first-order valence-corrected chi connectivity index (χ1v) is 6.50. The van der Waals surface area contributed by atoms with Crippen LogP contribution >= 0.6 is 0 Å². The van der Waals surface area contributed by atoms with Gasteiger partial charge in [0.1, 0.15) is 0 Å². The van der Waals surface area contributed by atoms with E-state index in [9.17, 15) is 4.79 Å². The lowest BCUT2D eigenvalue weighted by Crippen LogP contribution is -2.19. The first-order valence-electron chi connectivity index (χ1n) is 6.50. The highest BCUT2D eigenvalue weighted by Crippen LogP contribution is 2.54. The molecule has 0 bridgehead atoms. The van der Waals surface area contributed by atoms with Gasteiger partial charge in [0.15, 0.2) is 5.78 Å². The van der Waals surface area contributed by atoms with E-state index < -0.39 is 0 Å². The van der Waals surface area contributed by atoms with Crippen LogP contribution in [-0.2, 0) is 0 Å². The van der Waals surface area contributed by atoms with E-state index in [4.69, 9.17) is 0 Å². The molecule has 0 saturated carbocycles. The summed E-state index contributed by atoms with van der Waals surface area (Å²) in [6, 6.07) is 7.94. The van der Waals surface area contributed by atoms with Gasteiger partial charge in [-0.05, 0) is 34.5 Å². The number of allylic oxidation sites excluding steroid dienone is 3. The number of fused-ring (bicyclic) bond motifs is 2. The molecule has 1 atom stereocenters. The Labute approximate surface area is 108 Å². The van der Waals surface area contributed by atoms with Crippen LogP contribution < -0.4 is 0 Å². The molecule has 0 aliphatic heterocycles. The van der Waals surface area contributed by atoms with Gasteiger partial charge in [-0.15, -0.1) is 0 Å². The first kappa shape index (κ1) is 11.5. The molecule has 3 rings (SSSR count). The zero-order valence-corrected chi connectivity index (χ0v) is 11.2. The quantitative estimate of drug-likeness (QED) is 0.617. The van der Waals surface area contributed by atoms with Crippen LogP contribution in [0.5, 0.6) is 0 Å². The van der Waals surface area contributed by atoms with Crippen molar-refractivity contribution in [3.63, 3.8) is 0 Å². The Kier molecular flexibility index (Phi) is 2.19.